The van der Waals surface area contributed by atoms with E-state index in [0.29, 0.717) is 0 Å². The van der Waals surface area contributed by atoms with Crippen LogP contribution in [0.5, 0.6) is 0 Å². The maximum Gasteiger partial charge on any atom is 0.137 e. The van der Waals surface area contributed by atoms with Gasteiger partial charge in [0, 0.05) is 16.8 Å². The normalized spacial score (nSPS) is 33.8. The molecule has 4 fully saturated rings. The van der Waals surface area contributed by atoms with Crippen LogP contribution < -0.4 is 4.72 Å². The quantitative estimate of drug-likeness (QED) is 0.653. The molecule has 1 heterocycles. The predicted molar refractivity (Wildman–Crippen MR) is 106 cm³/mol. The first-order valence-electron chi connectivity index (χ1n) is 9.78. The SMILES string of the molecule is O=[S@](Nc1ccc2c(c1)oc1ccccc12)C12CC3CC(CC(C3)C1)C2. The number of benzene rings is 2. The van der Waals surface area contributed by atoms with Gasteiger partial charge in [-0.05, 0) is 74.5 Å². The summed E-state index contributed by atoms with van der Waals surface area (Å²) in [5.41, 5.74) is 2.67. The monoisotopic (exact) mass is 365 g/mol. The Morgan fingerprint density at radius 3 is 2.27 bits per heavy atom. The minimum Gasteiger partial charge on any atom is -0.456 e. The van der Waals surface area contributed by atoms with Crippen LogP contribution >= 0.6 is 0 Å². The molecule has 0 unspecified atom stereocenters. The molecule has 4 heteroatoms. The second kappa shape index (κ2) is 5.35. The Balaban J connectivity index is 1.32. The number of hydrogen-bond donors (Lipinski definition) is 1. The molecule has 0 radical (unpaired) electrons. The van der Waals surface area contributed by atoms with E-state index >= 15 is 0 Å². The molecule has 0 amide bonds. The van der Waals surface area contributed by atoms with Gasteiger partial charge in [-0.15, -0.1) is 0 Å². The highest BCUT2D eigenvalue weighted by Crippen LogP contribution is 2.57. The summed E-state index contributed by atoms with van der Waals surface area (Å²) in [4.78, 5) is 0. The summed E-state index contributed by atoms with van der Waals surface area (Å²) in [7, 11) is -1.03. The van der Waals surface area contributed by atoms with Crippen molar-refractivity contribution in [3.8, 4) is 0 Å². The number of nitrogens with one attached hydrogen (secondary N) is 1. The Bertz CT molecular complexity index is 1000. The van der Waals surface area contributed by atoms with E-state index < -0.39 is 11.0 Å². The molecule has 4 bridgehead atoms. The molecule has 4 saturated carbocycles. The molecule has 4 aliphatic rings. The van der Waals surface area contributed by atoms with Gasteiger partial charge in [0.05, 0.1) is 10.4 Å². The molecule has 1 atom stereocenters. The molecule has 1 N–H and O–H groups in total. The highest BCUT2D eigenvalue weighted by atomic mass is 32.2. The van der Waals surface area contributed by atoms with Gasteiger partial charge in [-0.25, -0.2) is 4.21 Å². The fraction of sp³-hybridized carbons (Fsp3) is 0.455. The van der Waals surface area contributed by atoms with Gasteiger partial charge in [-0.1, -0.05) is 18.2 Å². The summed E-state index contributed by atoms with van der Waals surface area (Å²) in [6.07, 6.45) is 7.56. The number of anilines is 1. The van der Waals surface area contributed by atoms with E-state index in [2.05, 4.69) is 16.9 Å². The van der Waals surface area contributed by atoms with Crippen LogP contribution in [-0.2, 0) is 11.0 Å². The molecule has 0 aliphatic heterocycles. The summed E-state index contributed by atoms with van der Waals surface area (Å²) >= 11 is 0. The predicted octanol–water partition coefficient (Wildman–Crippen LogP) is 5.63. The minimum absolute atomic E-state index is 0.00240. The average molecular weight is 365 g/mol. The fourth-order valence-electron chi connectivity index (χ4n) is 6.26. The maximum absolute atomic E-state index is 13.3. The van der Waals surface area contributed by atoms with Crippen molar-refractivity contribution in [1.82, 2.24) is 0 Å². The first-order chi connectivity index (χ1) is 12.7. The van der Waals surface area contributed by atoms with Gasteiger partial charge in [0.15, 0.2) is 0 Å². The molecule has 3 aromatic rings. The number of hydrogen-bond acceptors (Lipinski definition) is 2. The lowest BCUT2D eigenvalue weighted by Gasteiger charge is -2.55. The summed E-state index contributed by atoms with van der Waals surface area (Å²) in [6.45, 7) is 0. The van der Waals surface area contributed by atoms with Gasteiger partial charge in [-0.3, -0.25) is 0 Å². The molecule has 3 nitrogen and oxygen atoms in total. The lowest BCUT2D eigenvalue weighted by Crippen LogP contribution is -2.54. The lowest BCUT2D eigenvalue weighted by molar-refractivity contribution is 0.0363. The Kier molecular flexibility index (Phi) is 3.14. The van der Waals surface area contributed by atoms with Crippen molar-refractivity contribution in [1.29, 1.82) is 0 Å². The largest absolute Gasteiger partial charge is 0.456 e. The Hall–Kier alpha value is -1.81. The molecule has 4 aliphatic carbocycles. The summed E-state index contributed by atoms with van der Waals surface area (Å²) in [5, 5.41) is 2.25. The van der Waals surface area contributed by atoms with Crippen LogP contribution in [0.1, 0.15) is 38.5 Å². The first kappa shape index (κ1) is 15.3. The zero-order valence-corrected chi connectivity index (χ0v) is 15.6. The molecule has 0 saturated heterocycles. The Morgan fingerprint density at radius 1 is 0.885 bits per heavy atom. The molecule has 134 valence electrons. The van der Waals surface area contributed by atoms with Crippen molar-refractivity contribution in [3.05, 3.63) is 42.5 Å². The lowest BCUT2D eigenvalue weighted by atomic mass is 9.56. The first-order valence-corrected chi connectivity index (χ1v) is 10.9. The van der Waals surface area contributed by atoms with Gasteiger partial charge in [0.1, 0.15) is 22.2 Å². The van der Waals surface area contributed by atoms with Crippen molar-refractivity contribution in [2.45, 2.75) is 43.3 Å². The van der Waals surface area contributed by atoms with Crippen LogP contribution in [0, 0.1) is 17.8 Å². The van der Waals surface area contributed by atoms with Gasteiger partial charge in [-0.2, -0.15) is 0 Å². The van der Waals surface area contributed by atoms with Gasteiger partial charge < -0.3 is 9.14 Å². The van der Waals surface area contributed by atoms with E-state index in [4.69, 9.17) is 4.42 Å². The smallest absolute Gasteiger partial charge is 0.137 e. The third-order valence-electron chi connectivity index (χ3n) is 6.96. The second-order valence-corrected chi connectivity index (χ2v) is 10.4. The highest BCUT2D eigenvalue weighted by molar-refractivity contribution is 7.87. The van der Waals surface area contributed by atoms with E-state index in [1.165, 1.54) is 19.3 Å². The summed E-state index contributed by atoms with van der Waals surface area (Å²) in [6, 6.07) is 14.2. The van der Waals surface area contributed by atoms with Crippen molar-refractivity contribution in [3.63, 3.8) is 0 Å². The summed E-state index contributed by atoms with van der Waals surface area (Å²) in [5.74, 6) is 2.43. The van der Waals surface area contributed by atoms with Crippen molar-refractivity contribution in [2.24, 2.45) is 17.8 Å². The van der Waals surface area contributed by atoms with Crippen molar-refractivity contribution < 1.29 is 8.63 Å². The van der Waals surface area contributed by atoms with E-state index in [1.807, 2.05) is 30.3 Å². The number of rotatable bonds is 3. The van der Waals surface area contributed by atoms with E-state index in [1.54, 1.807) is 0 Å². The van der Waals surface area contributed by atoms with Crippen LogP contribution in [0.4, 0.5) is 5.69 Å². The highest BCUT2D eigenvalue weighted by Gasteiger charge is 2.54. The third-order valence-corrected chi connectivity index (χ3v) is 8.67. The molecular formula is C22H23NO2S. The average Bonchev–Trinajstić information content (AvgIpc) is 2.98. The van der Waals surface area contributed by atoms with Crippen molar-refractivity contribution >= 4 is 38.6 Å². The third kappa shape index (κ3) is 2.21. The van der Waals surface area contributed by atoms with E-state index in [9.17, 15) is 4.21 Å². The van der Waals surface area contributed by atoms with Gasteiger partial charge in [0.2, 0.25) is 0 Å². The topological polar surface area (TPSA) is 42.2 Å². The van der Waals surface area contributed by atoms with Crippen LogP contribution in [-0.4, -0.2) is 8.96 Å². The van der Waals surface area contributed by atoms with Crippen LogP contribution in [0.25, 0.3) is 21.9 Å². The van der Waals surface area contributed by atoms with E-state index in [0.717, 1.165) is 64.6 Å². The molecule has 26 heavy (non-hydrogen) atoms. The Morgan fingerprint density at radius 2 is 1.54 bits per heavy atom. The Labute approximate surface area is 155 Å². The van der Waals surface area contributed by atoms with Crippen molar-refractivity contribution in [2.75, 3.05) is 4.72 Å². The van der Waals surface area contributed by atoms with Gasteiger partial charge >= 0.3 is 0 Å². The number of furan rings is 1. The summed E-state index contributed by atoms with van der Waals surface area (Å²) < 4.78 is 22.7. The number of fused-ring (bicyclic) bond motifs is 3. The van der Waals surface area contributed by atoms with Crippen LogP contribution in [0.3, 0.4) is 0 Å². The standard InChI is InChI=1S/C22H23NO2S/c24-26(22-11-14-7-15(12-22)9-16(8-14)13-22)23-17-5-6-19-18-3-1-2-4-20(18)25-21(19)10-17/h1-6,10,14-16,23H,7-9,11-13H2/t14?,15?,16?,22?,26-/m0/s1. The second-order valence-electron chi connectivity index (χ2n) is 8.78. The molecule has 7 rings (SSSR count). The molecule has 1 aromatic heterocycles. The zero-order chi connectivity index (χ0) is 17.3. The minimum atomic E-state index is -1.03. The van der Waals surface area contributed by atoms with Crippen LogP contribution in [0.2, 0.25) is 0 Å². The molecule has 0 spiro atoms. The van der Waals surface area contributed by atoms with Gasteiger partial charge in [0.25, 0.3) is 0 Å². The van der Waals surface area contributed by atoms with Crippen LogP contribution in [0.15, 0.2) is 46.9 Å². The molecule has 2 aromatic carbocycles. The fourth-order valence-corrected chi connectivity index (χ4v) is 7.98. The maximum atomic E-state index is 13.3. The zero-order valence-electron chi connectivity index (χ0n) is 14.7. The molecular weight excluding hydrogens is 342 g/mol. The van der Waals surface area contributed by atoms with E-state index in [-0.39, 0.29) is 4.75 Å². The number of para-hydroxylation sites is 1.